The number of nitrogens with one attached hydrogen (secondary N) is 1. The summed E-state index contributed by atoms with van der Waals surface area (Å²) >= 11 is 3.49. The zero-order chi connectivity index (χ0) is 13.1. The summed E-state index contributed by atoms with van der Waals surface area (Å²) in [6.45, 7) is 5.34. The van der Waals surface area contributed by atoms with Gasteiger partial charge in [-0.3, -0.25) is 4.98 Å². The second-order valence-electron chi connectivity index (χ2n) is 4.64. The Balaban J connectivity index is 2.40. The van der Waals surface area contributed by atoms with Crippen molar-refractivity contribution < 1.29 is 0 Å². The molecule has 0 saturated carbocycles. The number of anilines is 2. The van der Waals surface area contributed by atoms with Gasteiger partial charge in [-0.2, -0.15) is 0 Å². The first-order chi connectivity index (χ1) is 8.61. The van der Waals surface area contributed by atoms with E-state index in [0.717, 1.165) is 34.0 Å². The third-order valence-corrected chi connectivity index (χ3v) is 3.68. The number of aromatic nitrogens is 1. The van der Waals surface area contributed by atoms with Crippen LogP contribution in [0.5, 0.6) is 0 Å². The lowest BCUT2D eigenvalue weighted by molar-refractivity contribution is 0.594. The van der Waals surface area contributed by atoms with Crippen molar-refractivity contribution in [2.75, 3.05) is 17.6 Å². The quantitative estimate of drug-likeness (QED) is 0.896. The highest BCUT2D eigenvalue weighted by atomic mass is 79.9. The lowest BCUT2D eigenvalue weighted by Crippen LogP contribution is -2.12. The van der Waals surface area contributed by atoms with Gasteiger partial charge in [-0.15, -0.1) is 0 Å². The summed E-state index contributed by atoms with van der Waals surface area (Å²) in [5.74, 6) is 0.625. The molecule has 96 valence electrons. The first-order valence-electron chi connectivity index (χ1n) is 6.19. The van der Waals surface area contributed by atoms with Crippen molar-refractivity contribution in [1.29, 1.82) is 0 Å². The minimum absolute atomic E-state index is 0.625. The zero-order valence-corrected chi connectivity index (χ0v) is 12.3. The molecular weight excluding hydrogens is 290 g/mol. The highest BCUT2D eigenvalue weighted by Gasteiger charge is 2.08. The topological polar surface area (TPSA) is 50.9 Å². The number of nitrogens with two attached hydrogens (primary N) is 1. The van der Waals surface area contributed by atoms with Crippen molar-refractivity contribution in [1.82, 2.24) is 4.98 Å². The molecule has 3 nitrogen and oxygen atoms in total. The number of hydrogen-bond donors (Lipinski definition) is 2. The monoisotopic (exact) mass is 307 g/mol. The standard InChI is InChI=1S/C14H18BrN3/c1-3-9(2)7-18-14-11-6-10(15)4-5-13(11)17-8-12(14)16/h4-6,8-9H,3,7,16H2,1-2H3,(H,17,18). The second-order valence-corrected chi connectivity index (χ2v) is 5.56. The summed E-state index contributed by atoms with van der Waals surface area (Å²) < 4.78 is 1.04. The summed E-state index contributed by atoms with van der Waals surface area (Å²) in [5, 5.41) is 4.51. The molecule has 0 radical (unpaired) electrons. The zero-order valence-electron chi connectivity index (χ0n) is 10.7. The number of benzene rings is 1. The van der Waals surface area contributed by atoms with Crippen molar-refractivity contribution in [2.45, 2.75) is 20.3 Å². The largest absolute Gasteiger partial charge is 0.396 e. The van der Waals surface area contributed by atoms with Gasteiger partial charge >= 0.3 is 0 Å². The van der Waals surface area contributed by atoms with E-state index < -0.39 is 0 Å². The molecule has 0 amide bonds. The van der Waals surface area contributed by atoms with Gasteiger partial charge < -0.3 is 11.1 Å². The minimum atomic E-state index is 0.625. The highest BCUT2D eigenvalue weighted by Crippen LogP contribution is 2.30. The van der Waals surface area contributed by atoms with E-state index in [9.17, 15) is 0 Å². The SMILES string of the molecule is CCC(C)CNc1c(N)cnc2ccc(Br)cc12. The van der Waals surface area contributed by atoms with E-state index in [-0.39, 0.29) is 0 Å². The van der Waals surface area contributed by atoms with E-state index in [1.54, 1.807) is 6.20 Å². The fraction of sp³-hybridized carbons (Fsp3) is 0.357. The number of pyridine rings is 1. The normalized spacial score (nSPS) is 12.6. The van der Waals surface area contributed by atoms with E-state index in [0.29, 0.717) is 11.6 Å². The smallest absolute Gasteiger partial charge is 0.0743 e. The summed E-state index contributed by atoms with van der Waals surface area (Å²) in [4.78, 5) is 4.34. The van der Waals surface area contributed by atoms with Gasteiger partial charge in [-0.1, -0.05) is 36.2 Å². The lowest BCUT2D eigenvalue weighted by Gasteiger charge is -2.15. The third-order valence-electron chi connectivity index (χ3n) is 3.18. The summed E-state index contributed by atoms with van der Waals surface area (Å²) in [6, 6.07) is 6.04. The van der Waals surface area contributed by atoms with Crippen molar-refractivity contribution in [3.05, 3.63) is 28.9 Å². The van der Waals surface area contributed by atoms with E-state index in [2.05, 4.69) is 46.1 Å². The average molecular weight is 308 g/mol. The van der Waals surface area contributed by atoms with Crippen LogP contribution in [0.1, 0.15) is 20.3 Å². The van der Waals surface area contributed by atoms with Crippen LogP contribution in [0, 0.1) is 5.92 Å². The molecule has 18 heavy (non-hydrogen) atoms. The fourth-order valence-corrected chi connectivity index (χ4v) is 2.16. The van der Waals surface area contributed by atoms with Crippen molar-refractivity contribution >= 4 is 38.2 Å². The second kappa shape index (κ2) is 5.57. The number of nitrogens with zero attached hydrogens (tertiary/aromatic N) is 1. The van der Waals surface area contributed by atoms with Gasteiger partial charge in [0.2, 0.25) is 0 Å². The van der Waals surface area contributed by atoms with Crippen LogP contribution >= 0.6 is 15.9 Å². The Morgan fingerprint density at radius 3 is 2.94 bits per heavy atom. The summed E-state index contributed by atoms with van der Waals surface area (Å²) in [6.07, 6.45) is 2.87. The maximum atomic E-state index is 6.02. The molecule has 0 saturated heterocycles. The molecule has 2 rings (SSSR count). The Bertz CT molecular complexity index is 549. The van der Waals surface area contributed by atoms with E-state index in [1.165, 1.54) is 0 Å². The highest BCUT2D eigenvalue weighted by molar-refractivity contribution is 9.10. The number of rotatable bonds is 4. The Morgan fingerprint density at radius 1 is 1.44 bits per heavy atom. The molecule has 0 fully saturated rings. The van der Waals surface area contributed by atoms with Gasteiger partial charge in [0.25, 0.3) is 0 Å². The van der Waals surface area contributed by atoms with Crippen LogP contribution in [-0.2, 0) is 0 Å². The van der Waals surface area contributed by atoms with Crippen molar-refractivity contribution in [3.8, 4) is 0 Å². The van der Waals surface area contributed by atoms with Crippen LogP contribution in [0.15, 0.2) is 28.9 Å². The molecule has 0 aliphatic carbocycles. The molecule has 0 spiro atoms. The van der Waals surface area contributed by atoms with Gasteiger partial charge in [0, 0.05) is 16.4 Å². The molecule has 1 atom stereocenters. The predicted octanol–water partition coefficient (Wildman–Crippen LogP) is 4.04. The van der Waals surface area contributed by atoms with E-state index in [1.807, 2.05) is 12.1 Å². The van der Waals surface area contributed by atoms with Crippen molar-refractivity contribution in [2.24, 2.45) is 5.92 Å². The number of nitrogen functional groups attached to an aromatic ring is 1. The minimum Gasteiger partial charge on any atom is -0.396 e. The first kappa shape index (κ1) is 13.1. The van der Waals surface area contributed by atoms with Gasteiger partial charge in [-0.05, 0) is 24.1 Å². The lowest BCUT2D eigenvalue weighted by atomic mass is 10.1. The Hall–Kier alpha value is -1.29. The van der Waals surface area contributed by atoms with Crippen LogP contribution < -0.4 is 11.1 Å². The van der Waals surface area contributed by atoms with Crippen LogP contribution in [0.25, 0.3) is 10.9 Å². The molecule has 1 unspecified atom stereocenters. The molecule has 1 heterocycles. The summed E-state index contributed by atoms with van der Waals surface area (Å²) in [5.41, 5.74) is 8.67. The van der Waals surface area contributed by atoms with E-state index >= 15 is 0 Å². The number of halogens is 1. The van der Waals surface area contributed by atoms with Crippen LogP contribution in [0.2, 0.25) is 0 Å². The Kier molecular flexibility index (Phi) is 4.07. The van der Waals surface area contributed by atoms with Crippen LogP contribution in [-0.4, -0.2) is 11.5 Å². The maximum absolute atomic E-state index is 6.02. The maximum Gasteiger partial charge on any atom is 0.0743 e. The average Bonchev–Trinajstić information content (AvgIpc) is 2.37. The van der Waals surface area contributed by atoms with Crippen LogP contribution in [0.3, 0.4) is 0 Å². The fourth-order valence-electron chi connectivity index (χ4n) is 1.80. The molecular formula is C14H18BrN3. The molecule has 4 heteroatoms. The summed E-state index contributed by atoms with van der Waals surface area (Å²) in [7, 11) is 0. The third kappa shape index (κ3) is 2.75. The number of hydrogen-bond acceptors (Lipinski definition) is 3. The van der Waals surface area contributed by atoms with Gasteiger partial charge in [0.15, 0.2) is 0 Å². The van der Waals surface area contributed by atoms with Gasteiger partial charge in [-0.25, -0.2) is 0 Å². The first-order valence-corrected chi connectivity index (χ1v) is 6.98. The van der Waals surface area contributed by atoms with Crippen molar-refractivity contribution in [3.63, 3.8) is 0 Å². The molecule has 1 aromatic carbocycles. The molecule has 0 aliphatic heterocycles. The molecule has 0 aliphatic rings. The molecule has 3 N–H and O–H groups in total. The predicted molar refractivity (Wildman–Crippen MR) is 81.8 cm³/mol. The van der Waals surface area contributed by atoms with Crippen LogP contribution in [0.4, 0.5) is 11.4 Å². The van der Waals surface area contributed by atoms with Gasteiger partial charge in [0.05, 0.1) is 23.1 Å². The Labute approximate surface area is 116 Å². The molecule has 1 aromatic heterocycles. The Morgan fingerprint density at radius 2 is 2.22 bits per heavy atom. The number of fused-ring (bicyclic) bond motifs is 1. The van der Waals surface area contributed by atoms with Gasteiger partial charge in [0.1, 0.15) is 0 Å². The molecule has 0 bridgehead atoms. The molecule has 2 aromatic rings. The van der Waals surface area contributed by atoms with E-state index in [4.69, 9.17) is 5.73 Å².